The van der Waals surface area contributed by atoms with Crippen molar-refractivity contribution in [3.8, 4) is 11.5 Å². The molecule has 1 fully saturated rings. The highest BCUT2D eigenvalue weighted by Gasteiger charge is 2.45. The van der Waals surface area contributed by atoms with Gasteiger partial charge in [0.1, 0.15) is 42.1 Å². The summed E-state index contributed by atoms with van der Waals surface area (Å²) in [7, 11) is 0. The van der Waals surface area contributed by atoms with Crippen LogP contribution in [0.25, 0.3) is 0 Å². The first kappa shape index (κ1) is 25.8. The number of para-hydroxylation sites is 2. The zero-order chi connectivity index (χ0) is 24.7. The Morgan fingerprint density at radius 1 is 0.912 bits per heavy atom. The van der Waals surface area contributed by atoms with E-state index in [4.69, 9.17) is 18.9 Å². The highest BCUT2D eigenvalue weighted by atomic mass is 16.6. The SMILES string of the molecule is CC(=O)Oc1ccccc1CNC1O[C@H](CO)[C@@H](O)[C@@H](O)[C@@H]1OCc1ccccc1OC(C)=O. The number of esters is 2. The van der Waals surface area contributed by atoms with Crippen molar-refractivity contribution >= 4 is 11.9 Å². The van der Waals surface area contributed by atoms with Gasteiger partial charge in [-0.25, -0.2) is 0 Å². The molecule has 0 spiro atoms. The maximum Gasteiger partial charge on any atom is 0.308 e. The summed E-state index contributed by atoms with van der Waals surface area (Å²) in [6.07, 6.45) is -5.77. The molecule has 1 aliphatic rings. The van der Waals surface area contributed by atoms with E-state index < -0.39 is 49.2 Å². The average Bonchev–Trinajstić information content (AvgIpc) is 2.80. The van der Waals surface area contributed by atoms with Gasteiger partial charge >= 0.3 is 11.9 Å². The predicted octanol–water partition coefficient (Wildman–Crippen LogP) is 0.651. The zero-order valence-corrected chi connectivity index (χ0v) is 18.9. The third kappa shape index (κ3) is 6.60. The minimum Gasteiger partial charge on any atom is -0.426 e. The van der Waals surface area contributed by atoms with Crippen LogP contribution in [0.15, 0.2) is 48.5 Å². The number of nitrogens with one attached hydrogen (secondary N) is 1. The van der Waals surface area contributed by atoms with Gasteiger partial charge in [0.05, 0.1) is 13.2 Å². The summed E-state index contributed by atoms with van der Waals surface area (Å²) in [6, 6.07) is 13.7. The molecular formula is C24H29NO9. The molecule has 1 heterocycles. The molecule has 4 N–H and O–H groups in total. The quantitative estimate of drug-likeness (QED) is 0.301. The molecule has 0 aromatic heterocycles. The number of aliphatic hydroxyl groups is 3. The Hall–Kier alpha value is -2.86. The second-order valence-corrected chi connectivity index (χ2v) is 7.82. The summed E-state index contributed by atoms with van der Waals surface area (Å²) < 4.78 is 22.1. The van der Waals surface area contributed by atoms with Crippen molar-refractivity contribution in [3.63, 3.8) is 0 Å². The number of benzene rings is 2. The van der Waals surface area contributed by atoms with Crippen LogP contribution in [0.2, 0.25) is 0 Å². The van der Waals surface area contributed by atoms with Crippen LogP contribution in [0, 0.1) is 0 Å². The van der Waals surface area contributed by atoms with Crippen LogP contribution in [0.4, 0.5) is 0 Å². The maximum atomic E-state index is 11.4. The minimum absolute atomic E-state index is 0.0483. The first-order valence-corrected chi connectivity index (χ1v) is 10.8. The summed E-state index contributed by atoms with van der Waals surface area (Å²) in [5.74, 6) is -0.270. The van der Waals surface area contributed by atoms with Crippen molar-refractivity contribution in [3.05, 3.63) is 59.7 Å². The molecular weight excluding hydrogens is 446 g/mol. The number of hydrogen-bond donors (Lipinski definition) is 4. The van der Waals surface area contributed by atoms with Gasteiger partial charge in [-0.1, -0.05) is 36.4 Å². The Labute approximate surface area is 197 Å². The molecule has 1 unspecified atom stereocenters. The Balaban J connectivity index is 1.76. The fraction of sp³-hybridized carbons (Fsp3) is 0.417. The number of aliphatic hydroxyl groups excluding tert-OH is 3. The van der Waals surface area contributed by atoms with Gasteiger partial charge < -0.3 is 34.3 Å². The molecule has 5 atom stereocenters. The molecule has 3 rings (SSSR count). The van der Waals surface area contributed by atoms with Crippen molar-refractivity contribution in [2.45, 2.75) is 57.6 Å². The summed E-state index contributed by atoms with van der Waals surface area (Å²) in [4.78, 5) is 22.8. The van der Waals surface area contributed by atoms with Crippen LogP contribution in [0.1, 0.15) is 25.0 Å². The topological polar surface area (TPSA) is 144 Å². The molecule has 0 aliphatic carbocycles. The third-order valence-corrected chi connectivity index (χ3v) is 5.24. The van der Waals surface area contributed by atoms with E-state index in [0.29, 0.717) is 22.6 Å². The lowest BCUT2D eigenvalue weighted by atomic mass is 9.98. The summed E-state index contributed by atoms with van der Waals surface area (Å²) >= 11 is 0. The van der Waals surface area contributed by atoms with Gasteiger partial charge in [0.25, 0.3) is 0 Å². The van der Waals surface area contributed by atoms with E-state index in [2.05, 4.69) is 5.32 Å². The van der Waals surface area contributed by atoms with Crippen molar-refractivity contribution < 1.29 is 43.9 Å². The second-order valence-electron chi connectivity index (χ2n) is 7.82. The molecule has 1 aliphatic heterocycles. The molecule has 0 bridgehead atoms. The van der Waals surface area contributed by atoms with Gasteiger partial charge in [-0.2, -0.15) is 0 Å². The standard InChI is InChI=1S/C24H29NO9/c1-14(27)32-18-9-5-3-7-16(18)11-25-24-23(22(30)21(29)20(12-26)34-24)31-13-17-8-4-6-10-19(17)33-15(2)28/h3-10,20-26,29-30H,11-13H2,1-2H3/t20-,21-,22-,23+,24?/m1/s1. The Morgan fingerprint density at radius 2 is 1.47 bits per heavy atom. The van der Waals surface area contributed by atoms with Gasteiger partial charge in [0.15, 0.2) is 0 Å². The summed E-state index contributed by atoms with van der Waals surface area (Å²) in [5, 5.41) is 33.7. The van der Waals surface area contributed by atoms with Crippen LogP contribution >= 0.6 is 0 Å². The van der Waals surface area contributed by atoms with Gasteiger partial charge in [-0.05, 0) is 12.1 Å². The Morgan fingerprint density at radius 3 is 2.06 bits per heavy atom. The van der Waals surface area contributed by atoms with E-state index in [1.807, 2.05) is 0 Å². The fourth-order valence-corrected chi connectivity index (χ4v) is 3.62. The molecule has 0 radical (unpaired) electrons. The van der Waals surface area contributed by atoms with Crippen LogP contribution < -0.4 is 14.8 Å². The van der Waals surface area contributed by atoms with Crippen molar-refractivity contribution in [2.24, 2.45) is 0 Å². The zero-order valence-electron chi connectivity index (χ0n) is 18.9. The van der Waals surface area contributed by atoms with Crippen LogP contribution in [0.5, 0.6) is 11.5 Å². The van der Waals surface area contributed by atoms with E-state index in [0.717, 1.165) is 0 Å². The lowest BCUT2D eigenvalue weighted by Crippen LogP contribution is -2.63. The second kappa shape index (κ2) is 12.0. The van der Waals surface area contributed by atoms with E-state index in [1.54, 1.807) is 48.5 Å². The number of hydrogen-bond acceptors (Lipinski definition) is 10. The number of ether oxygens (including phenoxy) is 4. The van der Waals surface area contributed by atoms with Gasteiger partial charge in [-0.3, -0.25) is 14.9 Å². The van der Waals surface area contributed by atoms with E-state index in [9.17, 15) is 24.9 Å². The molecule has 34 heavy (non-hydrogen) atoms. The van der Waals surface area contributed by atoms with Crippen molar-refractivity contribution in [1.82, 2.24) is 5.32 Å². The van der Waals surface area contributed by atoms with Crippen molar-refractivity contribution in [2.75, 3.05) is 6.61 Å². The predicted molar refractivity (Wildman–Crippen MR) is 119 cm³/mol. The van der Waals surface area contributed by atoms with Crippen LogP contribution in [-0.4, -0.2) is 64.5 Å². The molecule has 0 saturated carbocycles. The average molecular weight is 475 g/mol. The van der Waals surface area contributed by atoms with Gasteiger partial charge in [0.2, 0.25) is 0 Å². The number of carbonyl (C=O) groups is 2. The Bertz CT molecular complexity index is 982. The largest absolute Gasteiger partial charge is 0.426 e. The van der Waals surface area contributed by atoms with E-state index >= 15 is 0 Å². The summed E-state index contributed by atoms with van der Waals surface area (Å²) in [6.45, 7) is 2.21. The monoisotopic (exact) mass is 475 g/mol. The lowest BCUT2D eigenvalue weighted by molar-refractivity contribution is -0.251. The highest BCUT2D eigenvalue weighted by Crippen LogP contribution is 2.27. The minimum atomic E-state index is -1.38. The Kier molecular flexibility index (Phi) is 9.11. The highest BCUT2D eigenvalue weighted by molar-refractivity contribution is 5.70. The van der Waals surface area contributed by atoms with E-state index in [-0.39, 0.29) is 13.2 Å². The molecule has 184 valence electrons. The molecule has 10 heteroatoms. The van der Waals surface area contributed by atoms with E-state index in [1.165, 1.54) is 13.8 Å². The number of rotatable bonds is 9. The smallest absolute Gasteiger partial charge is 0.308 e. The first-order valence-electron chi connectivity index (χ1n) is 10.8. The fourth-order valence-electron chi connectivity index (χ4n) is 3.62. The lowest BCUT2D eigenvalue weighted by Gasteiger charge is -2.42. The maximum absolute atomic E-state index is 11.4. The van der Waals surface area contributed by atoms with Crippen LogP contribution in [0.3, 0.4) is 0 Å². The molecule has 0 amide bonds. The van der Waals surface area contributed by atoms with Gasteiger partial charge in [0, 0.05) is 31.5 Å². The van der Waals surface area contributed by atoms with Gasteiger partial charge in [-0.15, -0.1) is 0 Å². The summed E-state index contributed by atoms with van der Waals surface area (Å²) in [5.41, 5.74) is 1.21. The number of carbonyl (C=O) groups excluding carboxylic acids is 2. The molecule has 2 aromatic rings. The normalized spacial score (nSPS) is 24.4. The third-order valence-electron chi connectivity index (χ3n) is 5.24. The van der Waals surface area contributed by atoms with Crippen molar-refractivity contribution in [1.29, 1.82) is 0 Å². The first-order chi connectivity index (χ1) is 16.3. The molecule has 10 nitrogen and oxygen atoms in total. The molecule has 1 saturated heterocycles. The molecule has 2 aromatic carbocycles. The van der Waals surface area contributed by atoms with Crippen LogP contribution in [-0.2, 0) is 32.2 Å².